The van der Waals surface area contributed by atoms with Crippen molar-refractivity contribution in [2.45, 2.75) is 44.2 Å². The summed E-state index contributed by atoms with van der Waals surface area (Å²) < 4.78 is 5.30. The van der Waals surface area contributed by atoms with Crippen LogP contribution in [0.5, 0.6) is 5.75 Å². The molecule has 2 aliphatic heterocycles. The lowest BCUT2D eigenvalue weighted by atomic mass is 9.94. The molecule has 1 aromatic rings. The Balaban J connectivity index is 1.39. The van der Waals surface area contributed by atoms with Gasteiger partial charge in [-0.3, -0.25) is 4.79 Å². The molecule has 0 radical (unpaired) electrons. The van der Waals surface area contributed by atoms with Crippen molar-refractivity contribution >= 4 is 23.2 Å². The minimum atomic E-state index is -0.382. The summed E-state index contributed by atoms with van der Waals surface area (Å²) in [6, 6.07) is 3.31. The van der Waals surface area contributed by atoms with Gasteiger partial charge >= 0.3 is 0 Å². The molecule has 0 spiro atoms. The lowest BCUT2D eigenvalue weighted by molar-refractivity contribution is 0.0877. The molecule has 0 bridgehead atoms. The van der Waals surface area contributed by atoms with Gasteiger partial charge in [0.1, 0.15) is 5.75 Å². The molecule has 0 aliphatic carbocycles. The van der Waals surface area contributed by atoms with E-state index in [0.717, 1.165) is 64.4 Å². The number of anilines is 1. The van der Waals surface area contributed by atoms with Crippen LogP contribution in [0.3, 0.4) is 0 Å². The monoisotopic (exact) mass is 467 g/mol. The molecular formula is C23H38ClN5O3. The highest BCUT2D eigenvalue weighted by Crippen LogP contribution is 2.29. The number of hydrogen-bond acceptors (Lipinski definition) is 7. The molecule has 1 amide bonds. The van der Waals surface area contributed by atoms with Gasteiger partial charge in [-0.2, -0.15) is 0 Å². The predicted molar refractivity (Wildman–Crippen MR) is 128 cm³/mol. The summed E-state index contributed by atoms with van der Waals surface area (Å²) in [5, 5.41) is 13.1. The van der Waals surface area contributed by atoms with Gasteiger partial charge in [0.05, 0.1) is 29.5 Å². The molecule has 32 heavy (non-hydrogen) atoms. The van der Waals surface area contributed by atoms with E-state index in [-0.39, 0.29) is 18.1 Å². The lowest BCUT2D eigenvalue weighted by Gasteiger charge is -2.38. The van der Waals surface area contributed by atoms with Crippen LogP contribution in [-0.4, -0.2) is 85.9 Å². The molecule has 1 atom stereocenters. The molecule has 1 unspecified atom stereocenters. The van der Waals surface area contributed by atoms with Crippen molar-refractivity contribution in [3.05, 3.63) is 22.7 Å². The molecule has 2 aliphatic rings. The Hall–Kier alpha value is -1.58. The number of carbonyl (C=O) groups is 1. The third-order valence-corrected chi connectivity index (χ3v) is 7.09. The number of likely N-dealkylation sites (tertiary alicyclic amines) is 2. The van der Waals surface area contributed by atoms with Crippen molar-refractivity contribution in [1.29, 1.82) is 0 Å². The largest absolute Gasteiger partial charge is 0.496 e. The number of hydrogen-bond donors (Lipinski definition) is 4. The van der Waals surface area contributed by atoms with Crippen molar-refractivity contribution in [3.63, 3.8) is 0 Å². The minimum absolute atomic E-state index is 0.149. The van der Waals surface area contributed by atoms with Crippen LogP contribution >= 0.6 is 11.6 Å². The first-order valence-electron chi connectivity index (χ1n) is 11.7. The third kappa shape index (κ3) is 6.96. The van der Waals surface area contributed by atoms with Crippen LogP contribution in [0, 0.1) is 5.92 Å². The van der Waals surface area contributed by atoms with Crippen LogP contribution in [0.4, 0.5) is 5.69 Å². The van der Waals surface area contributed by atoms with E-state index in [0.29, 0.717) is 28.6 Å². The van der Waals surface area contributed by atoms with E-state index < -0.39 is 0 Å². The van der Waals surface area contributed by atoms with Gasteiger partial charge in [-0.1, -0.05) is 11.6 Å². The third-order valence-electron chi connectivity index (χ3n) is 6.76. The van der Waals surface area contributed by atoms with Crippen LogP contribution in [0.2, 0.25) is 5.02 Å². The number of ether oxygens (including phenoxy) is 1. The average molecular weight is 468 g/mol. The number of methoxy groups -OCH3 is 1. The molecular weight excluding hydrogens is 430 g/mol. The van der Waals surface area contributed by atoms with Crippen LogP contribution in [0.1, 0.15) is 42.5 Å². The van der Waals surface area contributed by atoms with Gasteiger partial charge in [0.2, 0.25) is 0 Å². The quantitative estimate of drug-likeness (QED) is 0.407. The molecule has 6 N–H and O–H groups in total. The van der Waals surface area contributed by atoms with E-state index in [1.54, 1.807) is 12.1 Å². The van der Waals surface area contributed by atoms with E-state index in [1.807, 2.05) is 0 Å². The summed E-state index contributed by atoms with van der Waals surface area (Å²) in [6.45, 7) is 6.58. The molecule has 2 saturated heterocycles. The first-order valence-corrected chi connectivity index (χ1v) is 12.0. The first-order chi connectivity index (χ1) is 15.4. The Morgan fingerprint density at radius 2 is 1.88 bits per heavy atom. The zero-order valence-electron chi connectivity index (χ0n) is 19.1. The number of piperidine rings is 2. The SMILES string of the molecule is COc1cc(N)c(Cl)cc1C(=O)NC1CCN(CC2CCN(CCC(O)CN)CC2)CC1. The number of aliphatic hydroxyl groups excluding tert-OH is 1. The van der Waals surface area contributed by atoms with Crippen molar-refractivity contribution < 1.29 is 14.6 Å². The maximum absolute atomic E-state index is 12.8. The average Bonchev–Trinajstić information content (AvgIpc) is 2.81. The molecule has 180 valence electrons. The van der Waals surface area contributed by atoms with Gasteiger partial charge in [0, 0.05) is 44.8 Å². The van der Waals surface area contributed by atoms with Crippen molar-refractivity contribution in [3.8, 4) is 5.75 Å². The van der Waals surface area contributed by atoms with Gasteiger partial charge in [0.25, 0.3) is 5.91 Å². The molecule has 2 heterocycles. The summed E-state index contributed by atoms with van der Waals surface area (Å²) in [6.07, 6.45) is 4.65. The van der Waals surface area contributed by atoms with E-state index >= 15 is 0 Å². The number of halogens is 1. The molecule has 0 saturated carbocycles. The van der Waals surface area contributed by atoms with Gasteiger partial charge in [-0.25, -0.2) is 0 Å². The number of benzene rings is 1. The predicted octanol–water partition coefficient (Wildman–Crippen LogP) is 1.55. The summed E-state index contributed by atoms with van der Waals surface area (Å²) in [5.41, 5.74) is 12.1. The summed E-state index contributed by atoms with van der Waals surface area (Å²) in [5.74, 6) is 0.984. The number of carbonyl (C=O) groups excluding carboxylic acids is 1. The van der Waals surface area contributed by atoms with Crippen molar-refractivity contribution in [2.75, 3.05) is 58.7 Å². The van der Waals surface area contributed by atoms with Gasteiger partial charge in [0.15, 0.2) is 0 Å². The normalized spacial score (nSPS) is 20.2. The van der Waals surface area contributed by atoms with Crippen molar-refractivity contribution in [1.82, 2.24) is 15.1 Å². The summed E-state index contributed by atoms with van der Waals surface area (Å²) in [4.78, 5) is 17.7. The minimum Gasteiger partial charge on any atom is -0.496 e. The maximum atomic E-state index is 12.8. The summed E-state index contributed by atoms with van der Waals surface area (Å²) in [7, 11) is 1.52. The lowest BCUT2D eigenvalue weighted by Crippen LogP contribution is -2.47. The fourth-order valence-electron chi connectivity index (χ4n) is 4.65. The molecule has 3 rings (SSSR count). The molecule has 8 nitrogen and oxygen atoms in total. The fraction of sp³-hybridized carbons (Fsp3) is 0.696. The maximum Gasteiger partial charge on any atom is 0.255 e. The number of nitrogens with one attached hydrogen (secondary N) is 1. The van der Waals surface area contributed by atoms with Crippen molar-refractivity contribution in [2.24, 2.45) is 11.7 Å². The molecule has 2 fully saturated rings. The van der Waals surface area contributed by atoms with E-state index in [4.69, 9.17) is 27.8 Å². The molecule has 1 aromatic carbocycles. The number of nitrogen functional groups attached to an aromatic ring is 1. The van der Waals surface area contributed by atoms with Crippen LogP contribution in [0.25, 0.3) is 0 Å². The van der Waals surface area contributed by atoms with Crippen LogP contribution < -0.4 is 21.5 Å². The zero-order valence-corrected chi connectivity index (χ0v) is 19.8. The van der Waals surface area contributed by atoms with E-state index in [9.17, 15) is 9.90 Å². The number of nitrogens with two attached hydrogens (primary N) is 2. The van der Waals surface area contributed by atoms with Crippen LogP contribution in [-0.2, 0) is 0 Å². The summed E-state index contributed by atoms with van der Waals surface area (Å²) >= 11 is 6.10. The number of aliphatic hydroxyl groups is 1. The fourth-order valence-corrected chi connectivity index (χ4v) is 4.81. The smallest absolute Gasteiger partial charge is 0.255 e. The molecule has 9 heteroatoms. The van der Waals surface area contributed by atoms with Gasteiger partial charge in [-0.15, -0.1) is 0 Å². The second-order valence-corrected chi connectivity index (χ2v) is 9.49. The Morgan fingerprint density at radius 1 is 1.22 bits per heavy atom. The second kappa shape index (κ2) is 12.0. The standard InChI is InChI=1S/C23H38ClN5O3/c1-32-22-13-21(26)20(24)12-19(22)23(31)27-17-4-9-29(10-5-17)15-16-2-7-28(8-3-16)11-6-18(30)14-25/h12-13,16-18,30H,2-11,14-15,25-26H2,1H3,(H,27,31). The highest BCUT2D eigenvalue weighted by molar-refractivity contribution is 6.33. The Kier molecular flexibility index (Phi) is 9.43. The Morgan fingerprint density at radius 3 is 2.50 bits per heavy atom. The first kappa shape index (κ1) is 25.1. The topological polar surface area (TPSA) is 117 Å². The van der Waals surface area contributed by atoms with Gasteiger partial charge in [-0.05, 0) is 57.2 Å². The zero-order chi connectivity index (χ0) is 23.1. The van der Waals surface area contributed by atoms with E-state index in [2.05, 4.69) is 15.1 Å². The Bertz CT molecular complexity index is 749. The Labute approximate surface area is 196 Å². The number of rotatable bonds is 9. The van der Waals surface area contributed by atoms with E-state index in [1.165, 1.54) is 20.0 Å². The van der Waals surface area contributed by atoms with Gasteiger partial charge < -0.3 is 36.4 Å². The number of nitrogens with zero attached hydrogens (tertiary/aromatic N) is 2. The second-order valence-electron chi connectivity index (χ2n) is 9.09. The highest BCUT2D eigenvalue weighted by atomic mass is 35.5. The van der Waals surface area contributed by atoms with Crippen LogP contribution in [0.15, 0.2) is 12.1 Å². The highest BCUT2D eigenvalue weighted by Gasteiger charge is 2.26. The molecule has 0 aromatic heterocycles. The number of amides is 1.